The number of anilines is 1. The minimum Gasteiger partial charge on any atom is -0.497 e. The van der Waals surface area contributed by atoms with Crippen LogP contribution in [0.4, 0.5) is 5.69 Å². The third kappa shape index (κ3) is 3.64. The molecule has 0 bridgehead atoms. The number of benzene rings is 3. The van der Waals surface area contributed by atoms with Gasteiger partial charge in [-0.2, -0.15) is 0 Å². The van der Waals surface area contributed by atoms with Crippen LogP contribution in [0.1, 0.15) is 26.6 Å². The predicted molar refractivity (Wildman–Crippen MR) is 129 cm³/mol. The van der Waals surface area contributed by atoms with Crippen molar-refractivity contribution in [3.05, 3.63) is 94.8 Å². The second-order valence-electron chi connectivity index (χ2n) is 7.61. The normalized spacial score (nSPS) is 11.1. The quantitative estimate of drug-likeness (QED) is 0.324. The summed E-state index contributed by atoms with van der Waals surface area (Å²) >= 11 is 6.12. The molecule has 3 aromatic carbocycles. The zero-order valence-electron chi connectivity index (χ0n) is 17.9. The number of hydrogen-bond acceptors (Lipinski definition) is 4. The Bertz CT molecular complexity index is 1530. The van der Waals surface area contributed by atoms with Crippen molar-refractivity contribution in [3.63, 3.8) is 0 Å². The summed E-state index contributed by atoms with van der Waals surface area (Å²) in [4.78, 5) is 26.6. The number of aromatic nitrogens is 1. The van der Waals surface area contributed by atoms with Crippen molar-refractivity contribution >= 4 is 50.9 Å². The minimum atomic E-state index is -0.361. The van der Waals surface area contributed by atoms with Gasteiger partial charge in [0.1, 0.15) is 17.0 Å². The van der Waals surface area contributed by atoms with Crippen LogP contribution < -0.4 is 10.1 Å². The molecule has 0 spiro atoms. The van der Waals surface area contributed by atoms with E-state index < -0.39 is 0 Å². The fraction of sp³-hybridized carbons (Fsp3) is 0.0769. The fourth-order valence-corrected chi connectivity index (χ4v) is 4.07. The van der Waals surface area contributed by atoms with Gasteiger partial charge in [0.2, 0.25) is 5.78 Å². The van der Waals surface area contributed by atoms with E-state index in [9.17, 15) is 9.59 Å². The van der Waals surface area contributed by atoms with E-state index in [-0.39, 0.29) is 17.5 Å². The van der Waals surface area contributed by atoms with Gasteiger partial charge in [0, 0.05) is 33.9 Å². The molecule has 164 valence electrons. The van der Waals surface area contributed by atoms with Crippen molar-refractivity contribution in [1.82, 2.24) is 4.57 Å². The van der Waals surface area contributed by atoms with Crippen LogP contribution in [0, 0.1) is 0 Å². The molecule has 0 unspecified atom stereocenters. The number of furan rings is 1. The average molecular weight is 459 g/mol. The van der Waals surface area contributed by atoms with Crippen molar-refractivity contribution < 1.29 is 18.7 Å². The summed E-state index contributed by atoms with van der Waals surface area (Å²) in [6.45, 7) is 0. The van der Waals surface area contributed by atoms with Crippen molar-refractivity contribution in [2.75, 3.05) is 12.4 Å². The Labute approximate surface area is 194 Å². The lowest BCUT2D eigenvalue weighted by atomic mass is 10.1. The van der Waals surface area contributed by atoms with Crippen molar-refractivity contribution in [2.45, 2.75) is 0 Å². The molecular weight excluding hydrogens is 440 g/mol. The van der Waals surface area contributed by atoms with Gasteiger partial charge in [0.15, 0.2) is 5.76 Å². The van der Waals surface area contributed by atoms with Gasteiger partial charge >= 0.3 is 0 Å². The summed E-state index contributed by atoms with van der Waals surface area (Å²) in [7, 11) is 3.36. The summed E-state index contributed by atoms with van der Waals surface area (Å²) in [5.74, 6) is 0.00483. The van der Waals surface area contributed by atoms with Crippen LogP contribution in [0.25, 0.3) is 21.9 Å². The first-order valence-corrected chi connectivity index (χ1v) is 10.6. The molecule has 0 atom stereocenters. The molecule has 6 nitrogen and oxygen atoms in total. The number of hydrogen-bond donors (Lipinski definition) is 1. The number of amides is 1. The molecule has 0 aliphatic heterocycles. The highest BCUT2D eigenvalue weighted by molar-refractivity contribution is 6.31. The number of halogens is 1. The van der Waals surface area contributed by atoms with E-state index >= 15 is 0 Å². The van der Waals surface area contributed by atoms with Crippen LogP contribution in [0.15, 0.2) is 77.2 Å². The molecule has 2 heterocycles. The van der Waals surface area contributed by atoms with Crippen molar-refractivity contribution in [3.8, 4) is 5.75 Å². The predicted octanol–water partition coefficient (Wildman–Crippen LogP) is 6.07. The maximum absolute atomic E-state index is 13.3. The monoisotopic (exact) mass is 458 g/mol. The van der Waals surface area contributed by atoms with E-state index in [1.54, 1.807) is 73.3 Å². The van der Waals surface area contributed by atoms with Gasteiger partial charge in [-0.05, 0) is 54.6 Å². The Balaban J connectivity index is 1.57. The van der Waals surface area contributed by atoms with Crippen LogP contribution in [0.2, 0.25) is 5.02 Å². The molecule has 0 fully saturated rings. The summed E-state index contributed by atoms with van der Waals surface area (Å²) in [5.41, 5.74) is 2.53. The number of carbonyl (C=O) groups excluding carboxylic acids is 2. The first kappa shape index (κ1) is 20.8. The smallest absolute Gasteiger partial charge is 0.272 e. The number of nitrogens with zero attached hydrogens (tertiary/aromatic N) is 1. The molecule has 0 aliphatic carbocycles. The molecule has 1 amide bonds. The first-order valence-electron chi connectivity index (χ1n) is 10.2. The highest BCUT2D eigenvalue weighted by atomic mass is 35.5. The second-order valence-corrected chi connectivity index (χ2v) is 8.04. The maximum atomic E-state index is 13.3. The molecule has 1 N–H and O–H groups in total. The Hall–Kier alpha value is -4.03. The molecule has 33 heavy (non-hydrogen) atoms. The van der Waals surface area contributed by atoms with E-state index in [0.29, 0.717) is 38.7 Å². The summed E-state index contributed by atoms with van der Waals surface area (Å²) in [6, 6.07) is 21.2. The molecule has 5 aromatic rings. The first-order chi connectivity index (χ1) is 16.0. The highest BCUT2D eigenvalue weighted by Gasteiger charge is 2.25. The van der Waals surface area contributed by atoms with Gasteiger partial charge in [-0.1, -0.05) is 29.8 Å². The largest absolute Gasteiger partial charge is 0.497 e. The van der Waals surface area contributed by atoms with Crippen LogP contribution in [0.3, 0.4) is 0 Å². The fourth-order valence-electron chi connectivity index (χ4n) is 3.90. The van der Waals surface area contributed by atoms with Crippen LogP contribution in [-0.4, -0.2) is 23.4 Å². The van der Waals surface area contributed by atoms with Crippen LogP contribution in [0.5, 0.6) is 5.75 Å². The number of nitrogens with one attached hydrogen (secondary N) is 1. The van der Waals surface area contributed by atoms with Crippen LogP contribution >= 0.6 is 11.6 Å². The molecule has 5 rings (SSSR count). The summed E-state index contributed by atoms with van der Waals surface area (Å²) in [5, 5.41) is 5.03. The topological polar surface area (TPSA) is 73.5 Å². The van der Waals surface area contributed by atoms with Gasteiger partial charge in [0.25, 0.3) is 5.91 Å². The number of methoxy groups -OCH3 is 1. The Morgan fingerprint density at radius 3 is 2.52 bits per heavy atom. The number of rotatable bonds is 5. The third-order valence-corrected chi connectivity index (χ3v) is 5.87. The van der Waals surface area contributed by atoms with Crippen LogP contribution in [-0.2, 0) is 7.05 Å². The number of ether oxygens (including phenoxy) is 1. The third-order valence-electron chi connectivity index (χ3n) is 5.63. The minimum absolute atomic E-state index is 0.0662. The van der Waals surface area contributed by atoms with Gasteiger partial charge in [-0.3, -0.25) is 9.59 Å². The summed E-state index contributed by atoms with van der Waals surface area (Å²) < 4.78 is 12.8. The van der Waals surface area contributed by atoms with Crippen molar-refractivity contribution in [1.29, 1.82) is 0 Å². The lowest BCUT2D eigenvalue weighted by Crippen LogP contribution is -2.17. The van der Waals surface area contributed by atoms with E-state index in [1.165, 1.54) is 0 Å². The lowest BCUT2D eigenvalue weighted by Gasteiger charge is -2.08. The standard InChI is InChI=1S/C26H19ClN2O4/c1-29-20-14-17(27)10-7-16(20)13-21(29)26(31)28-23-19-5-3-4-6-22(19)33-25(23)24(30)15-8-11-18(32-2)12-9-15/h3-14H,1-2H3,(H,28,31). The molecule has 0 aliphatic rings. The maximum Gasteiger partial charge on any atom is 0.272 e. The number of carbonyl (C=O) groups is 2. The Morgan fingerprint density at radius 2 is 1.76 bits per heavy atom. The molecular formula is C26H19ClN2O4. The van der Waals surface area contributed by atoms with E-state index in [2.05, 4.69) is 5.32 Å². The SMILES string of the molecule is COc1ccc(C(=O)c2oc3ccccc3c2NC(=O)c2cc3ccc(Cl)cc3n2C)cc1. The van der Waals surface area contributed by atoms with Gasteiger partial charge in [-0.25, -0.2) is 0 Å². The zero-order valence-corrected chi connectivity index (χ0v) is 18.6. The number of ketones is 1. The van der Waals surface area contributed by atoms with Gasteiger partial charge in [0.05, 0.1) is 12.8 Å². The number of fused-ring (bicyclic) bond motifs is 2. The molecule has 0 saturated heterocycles. The average Bonchev–Trinajstić information content (AvgIpc) is 3.36. The molecule has 0 saturated carbocycles. The summed E-state index contributed by atoms with van der Waals surface area (Å²) in [6.07, 6.45) is 0. The van der Waals surface area contributed by atoms with E-state index in [0.717, 1.165) is 10.9 Å². The molecule has 0 radical (unpaired) electrons. The second kappa shape index (κ2) is 8.15. The number of para-hydroxylation sites is 1. The van der Waals surface area contributed by atoms with E-state index in [1.807, 2.05) is 18.2 Å². The Morgan fingerprint density at radius 1 is 1.00 bits per heavy atom. The highest BCUT2D eigenvalue weighted by Crippen LogP contribution is 2.33. The van der Waals surface area contributed by atoms with Crippen molar-refractivity contribution in [2.24, 2.45) is 7.05 Å². The van der Waals surface area contributed by atoms with Gasteiger partial charge < -0.3 is 19.0 Å². The molecule has 2 aromatic heterocycles. The zero-order chi connectivity index (χ0) is 23.1. The van der Waals surface area contributed by atoms with E-state index in [4.69, 9.17) is 20.8 Å². The number of aryl methyl sites for hydroxylation is 1. The lowest BCUT2D eigenvalue weighted by molar-refractivity contribution is 0.101. The Kier molecular flexibility index (Phi) is 5.15. The van der Waals surface area contributed by atoms with Gasteiger partial charge in [-0.15, -0.1) is 0 Å². The molecule has 7 heteroatoms.